The maximum absolute atomic E-state index is 6.06. The Morgan fingerprint density at radius 2 is 1.88 bits per heavy atom. The van der Waals surface area contributed by atoms with Crippen molar-refractivity contribution in [2.24, 2.45) is 0 Å². The van der Waals surface area contributed by atoms with Crippen molar-refractivity contribution in [1.82, 2.24) is 14.4 Å². The lowest BCUT2D eigenvalue weighted by atomic mass is 10.2. The lowest BCUT2D eigenvalue weighted by Crippen LogP contribution is -1.93. The second-order valence-corrected chi connectivity index (χ2v) is 4.09. The molecule has 0 saturated carbocycles. The first-order chi connectivity index (χ1) is 8.25. The molecule has 5 heteroatoms. The maximum Gasteiger partial charge on any atom is 0.139 e. The van der Waals surface area contributed by atoms with Crippen molar-refractivity contribution in [2.45, 2.75) is 0 Å². The van der Waals surface area contributed by atoms with E-state index in [1.54, 1.807) is 29.1 Å². The van der Waals surface area contributed by atoms with Crippen molar-refractivity contribution in [1.29, 1.82) is 0 Å². The van der Waals surface area contributed by atoms with Crippen molar-refractivity contribution < 1.29 is 0 Å². The number of hydrogen-bond acceptors (Lipinski definition) is 3. The van der Waals surface area contributed by atoms with Crippen LogP contribution in [0.4, 0.5) is 5.82 Å². The van der Waals surface area contributed by atoms with Crippen LogP contribution in [0.25, 0.3) is 16.9 Å². The third kappa shape index (κ3) is 1.62. The van der Waals surface area contributed by atoms with Gasteiger partial charge in [-0.05, 0) is 24.3 Å². The Balaban J connectivity index is 2.28. The molecule has 0 radical (unpaired) electrons. The fourth-order valence-corrected chi connectivity index (χ4v) is 1.92. The Hall–Kier alpha value is -2.07. The van der Waals surface area contributed by atoms with Gasteiger partial charge in [0.15, 0.2) is 0 Å². The van der Waals surface area contributed by atoms with Gasteiger partial charge in [0.05, 0.1) is 5.02 Å². The number of fused-ring (bicyclic) bond motifs is 1. The van der Waals surface area contributed by atoms with Crippen LogP contribution in [0.1, 0.15) is 0 Å². The molecule has 4 nitrogen and oxygen atoms in total. The fraction of sp³-hybridized carbons (Fsp3) is 0. The molecule has 0 bridgehead atoms. The number of anilines is 1. The van der Waals surface area contributed by atoms with E-state index in [0.717, 1.165) is 16.9 Å². The normalized spacial score (nSPS) is 10.9. The van der Waals surface area contributed by atoms with Gasteiger partial charge >= 0.3 is 0 Å². The molecule has 0 aliphatic rings. The van der Waals surface area contributed by atoms with Crippen LogP contribution < -0.4 is 5.73 Å². The molecule has 0 aliphatic heterocycles. The van der Waals surface area contributed by atoms with Crippen LogP contribution >= 0.6 is 11.6 Å². The van der Waals surface area contributed by atoms with E-state index in [9.17, 15) is 0 Å². The second kappa shape index (κ2) is 3.75. The van der Waals surface area contributed by atoms with Crippen molar-refractivity contribution in [3.05, 3.63) is 47.9 Å². The number of halogens is 1. The van der Waals surface area contributed by atoms with Gasteiger partial charge in [0, 0.05) is 24.2 Å². The lowest BCUT2D eigenvalue weighted by molar-refractivity contribution is 1.20. The zero-order chi connectivity index (χ0) is 11.8. The van der Waals surface area contributed by atoms with Crippen LogP contribution in [0, 0.1) is 0 Å². The van der Waals surface area contributed by atoms with Gasteiger partial charge in [-0.2, -0.15) is 0 Å². The number of pyridine rings is 2. The number of imidazole rings is 1. The van der Waals surface area contributed by atoms with E-state index < -0.39 is 0 Å². The third-order valence-electron chi connectivity index (χ3n) is 2.57. The molecule has 0 fully saturated rings. The molecular formula is C12H9ClN4. The van der Waals surface area contributed by atoms with Crippen molar-refractivity contribution in [2.75, 3.05) is 5.73 Å². The number of nitrogens with two attached hydrogens (primary N) is 1. The summed E-state index contributed by atoms with van der Waals surface area (Å²) in [6.45, 7) is 0. The van der Waals surface area contributed by atoms with Crippen molar-refractivity contribution in [3.8, 4) is 11.3 Å². The van der Waals surface area contributed by atoms with Gasteiger partial charge in [-0.25, -0.2) is 4.98 Å². The SMILES string of the molecule is Nc1c(-c2ccncc2)nc2ccc(Cl)cn12. The monoisotopic (exact) mass is 244 g/mol. The summed E-state index contributed by atoms with van der Waals surface area (Å²) in [6.07, 6.45) is 5.18. The Labute approximate surface area is 103 Å². The number of nitrogen functional groups attached to an aromatic ring is 1. The van der Waals surface area contributed by atoms with E-state index >= 15 is 0 Å². The minimum atomic E-state index is 0.578. The largest absolute Gasteiger partial charge is 0.383 e. The summed E-state index contributed by atoms with van der Waals surface area (Å²) in [5.74, 6) is 0.578. The fourth-order valence-electron chi connectivity index (χ4n) is 1.76. The average molecular weight is 245 g/mol. The first kappa shape index (κ1) is 10.1. The zero-order valence-corrected chi connectivity index (χ0v) is 9.59. The van der Waals surface area contributed by atoms with Crippen molar-refractivity contribution >= 4 is 23.1 Å². The molecule has 0 saturated heterocycles. The predicted octanol–water partition coefficient (Wildman–Crippen LogP) is 2.63. The number of rotatable bonds is 1. The van der Waals surface area contributed by atoms with Gasteiger partial charge in [-0.15, -0.1) is 0 Å². The van der Waals surface area contributed by atoms with E-state index in [4.69, 9.17) is 17.3 Å². The summed E-state index contributed by atoms with van der Waals surface area (Å²) in [4.78, 5) is 8.45. The molecule has 0 atom stereocenters. The van der Waals surface area contributed by atoms with Crippen LogP contribution in [0.15, 0.2) is 42.9 Å². The van der Waals surface area contributed by atoms with E-state index in [2.05, 4.69) is 9.97 Å². The van der Waals surface area contributed by atoms with Gasteiger partial charge < -0.3 is 5.73 Å². The Kier molecular flexibility index (Phi) is 2.23. The Morgan fingerprint density at radius 1 is 1.12 bits per heavy atom. The summed E-state index contributed by atoms with van der Waals surface area (Å²) >= 11 is 5.93. The summed E-state index contributed by atoms with van der Waals surface area (Å²) in [7, 11) is 0. The average Bonchev–Trinajstić information content (AvgIpc) is 2.68. The second-order valence-electron chi connectivity index (χ2n) is 3.66. The smallest absolute Gasteiger partial charge is 0.139 e. The molecule has 84 valence electrons. The van der Waals surface area contributed by atoms with Gasteiger partial charge in [-0.3, -0.25) is 9.38 Å². The van der Waals surface area contributed by atoms with Crippen molar-refractivity contribution in [3.63, 3.8) is 0 Å². The standard InChI is InChI=1S/C12H9ClN4/c13-9-1-2-10-16-11(12(14)17(10)7-9)8-3-5-15-6-4-8/h1-7H,14H2. The quantitative estimate of drug-likeness (QED) is 0.716. The van der Waals surface area contributed by atoms with Gasteiger partial charge in [0.25, 0.3) is 0 Å². The topological polar surface area (TPSA) is 56.2 Å². The molecule has 3 aromatic rings. The lowest BCUT2D eigenvalue weighted by Gasteiger charge is -1.98. The molecule has 3 rings (SSSR count). The number of nitrogens with zero attached hydrogens (tertiary/aromatic N) is 3. The van der Waals surface area contributed by atoms with Crippen LogP contribution in [0.3, 0.4) is 0 Å². The molecule has 0 spiro atoms. The van der Waals surface area contributed by atoms with E-state index in [0.29, 0.717) is 10.8 Å². The van der Waals surface area contributed by atoms with E-state index in [1.807, 2.05) is 18.2 Å². The summed E-state index contributed by atoms with van der Waals surface area (Å²) < 4.78 is 1.78. The first-order valence-electron chi connectivity index (χ1n) is 5.09. The highest BCUT2D eigenvalue weighted by molar-refractivity contribution is 6.30. The van der Waals surface area contributed by atoms with Crippen LogP contribution in [0.5, 0.6) is 0 Å². The van der Waals surface area contributed by atoms with Gasteiger partial charge in [-0.1, -0.05) is 11.6 Å². The highest BCUT2D eigenvalue weighted by Gasteiger charge is 2.10. The molecule has 0 amide bonds. The molecule has 0 aliphatic carbocycles. The molecule has 0 aromatic carbocycles. The number of aromatic nitrogens is 3. The molecule has 3 aromatic heterocycles. The molecule has 17 heavy (non-hydrogen) atoms. The third-order valence-corrected chi connectivity index (χ3v) is 2.80. The first-order valence-corrected chi connectivity index (χ1v) is 5.47. The molecular weight excluding hydrogens is 236 g/mol. The van der Waals surface area contributed by atoms with Gasteiger partial charge in [0.2, 0.25) is 0 Å². The van der Waals surface area contributed by atoms with Crippen LogP contribution in [-0.4, -0.2) is 14.4 Å². The van der Waals surface area contributed by atoms with Gasteiger partial charge in [0.1, 0.15) is 17.2 Å². The highest BCUT2D eigenvalue weighted by Crippen LogP contribution is 2.26. The van der Waals surface area contributed by atoms with E-state index in [-0.39, 0.29) is 0 Å². The molecule has 2 N–H and O–H groups in total. The zero-order valence-electron chi connectivity index (χ0n) is 8.84. The van der Waals surface area contributed by atoms with Crippen LogP contribution in [-0.2, 0) is 0 Å². The minimum absolute atomic E-state index is 0.578. The summed E-state index contributed by atoms with van der Waals surface area (Å²) in [6, 6.07) is 7.38. The molecule has 3 heterocycles. The summed E-state index contributed by atoms with van der Waals surface area (Å²) in [5, 5.41) is 0.628. The summed E-state index contributed by atoms with van der Waals surface area (Å²) in [5.41, 5.74) is 8.52. The highest BCUT2D eigenvalue weighted by atomic mass is 35.5. The molecule has 0 unspecified atom stereocenters. The van der Waals surface area contributed by atoms with Crippen LogP contribution in [0.2, 0.25) is 5.02 Å². The maximum atomic E-state index is 6.06. The Bertz CT molecular complexity index is 676. The number of hydrogen-bond donors (Lipinski definition) is 1. The Morgan fingerprint density at radius 3 is 2.65 bits per heavy atom. The predicted molar refractivity (Wildman–Crippen MR) is 67.8 cm³/mol. The minimum Gasteiger partial charge on any atom is -0.383 e. The van der Waals surface area contributed by atoms with E-state index in [1.165, 1.54) is 0 Å².